The van der Waals surface area contributed by atoms with Gasteiger partial charge in [0, 0.05) is 18.4 Å². The van der Waals surface area contributed by atoms with Gasteiger partial charge >= 0.3 is 0 Å². The largest absolute Gasteiger partial charge is 0.416 e. The molecule has 1 heterocycles. The van der Waals surface area contributed by atoms with E-state index in [1.165, 1.54) is 24.0 Å². The molecule has 0 aromatic carbocycles. The molecule has 4 atom stereocenters. The van der Waals surface area contributed by atoms with Crippen molar-refractivity contribution in [2.24, 2.45) is 11.3 Å². The van der Waals surface area contributed by atoms with Crippen LogP contribution in [0.2, 0.25) is 55.9 Å². The molecule has 0 aromatic rings. The highest BCUT2D eigenvalue weighted by Gasteiger charge is 2.57. The second kappa shape index (κ2) is 15.7. The highest BCUT2D eigenvalue weighted by molar-refractivity contribution is 9.10. The molecule has 0 spiro atoms. The number of hydrogen-bond acceptors (Lipinski definition) is 3. The summed E-state index contributed by atoms with van der Waals surface area (Å²) in [5.74, 6) is 3.85. The Hall–Kier alpha value is 0.0506. The third kappa shape index (κ3) is 11.9. The van der Waals surface area contributed by atoms with E-state index in [4.69, 9.17) is 13.6 Å². The summed E-state index contributed by atoms with van der Waals surface area (Å²) in [5, 5.41) is 0.347. The van der Waals surface area contributed by atoms with Gasteiger partial charge in [0.25, 0.3) is 0 Å². The minimum Gasteiger partial charge on any atom is -0.416 e. The molecule has 2 unspecified atom stereocenters. The third-order valence-corrected chi connectivity index (χ3v) is 22.4. The molecule has 1 aliphatic heterocycles. The lowest BCUT2D eigenvalue weighted by Gasteiger charge is -2.58. The monoisotopic (exact) mass is 738 g/mol. The van der Waals surface area contributed by atoms with E-state index in [1.54, 1.807) is 0 Å². The first-order valence-corrected chi connectivity index (χ1v) is 27.9. The van der Waals surface area contributed by atoms with Crippen molar-refractivity contribution >= 4 is 40.6 Å². The molecular formula is C38H71BrO3Si3. The molecule has 0 aromatic heterocycles. The van der Waals surface area contributed by atoms with Crippen molar-refractivity contribution in [2.45, 2.75) is 173 Å². The highest BCUT2D eigenvalue weighted by atomic mass is 79.9. The molecule has 7 heteroatoms. The minimum absolute atomic E-state index is 0.0164. The van der Waals surface area contributed by atoms with Gasteiger partial charge in [-0.1, -0.05) is 101 Å². The van der Waals surface area contributed by atoms with Crippen LogP contribution >= 0.6 is 15.9 Å². The molecule has 260 valence electrons. The molecule has 0 radical (unpaired) electrons. The predicted octanol–water partition coefficient (Wildman–Crippen LogP) is 12.1. The normalized spacial score (nSPS) is 26.4. The minimum atomic E-state index is -2.01. The predicted molar refractivity (Wildman–Crippen MR) is 209 cm³/mol. The van der Waals surface area contributed by atoms with Crippen LogP contribution in [-0.4, -0.2) is 55.0 Å². The summed E-state index contributed by atoms with van der Waals surface area (Å²) < 4.78 is 20.7. The standard InChI is InChI=1S/C38H71BrO3Si3/c1-31(21-17-16-18-26-43(9,10)11)22-19-23-32(2)33(42-45(14,15)36(6,7)8)27-34-37(29-41-44(12,13)35(3,4)5)24-20-25-38(34,39)30-40-28-37/h21,23,33-34H,16-17,19-20,22,24-25,27-30H2,1-15H3/b31-21+,32-23+/t33-,34+,37?,38?/m1/s1. The fourth-order valence-corrected chi connectivity index (χ4v) is 10.4. The van der Waals surface area contributed by atoms with Gasteiger partial charge in [0.1, 0.15) is 8.07 Å². The molecule has 3 nitrogen and oxygen atoms in total. The van der Waals surface area contributed by atoms with Crippen LogP contribution in [0.15, 0.2) is 23.3 Å². The summed E-state index contributed by atoms with van der Waals surface area (Å²) in [6, 6.07) is 0. The fourth-order valence-electron chi connectivity index (χ4n) is 6.17. The lowest BCUT2D eigenvalue weighted by atomic mass is 9.59. The number of fused-ring (bicyclic) bond motifs is 2. The first-order valence-electron chi connectivity index (χ1n) is 17.8. The summed E-state index contributed by atoms with van der Waals surface area (Å²) >= 11 is 4.31. The van der Waals surface area contributed by atoms with Crippen molar-refractivity contribution in [1.29, 1.82) is 0 Å². The maximum Gasteiger partial charge on any atom is 0.192 e. The van der Waals surface area contributed by atoms with Crippen LogP contribution < -0.4 is 0 Å². The van der Waals surface area contributed by atoms with Gasteiger partial charge in [-0.25, -0.2) is 0 Å². The van der Waals surface area contributed by atoms with E-state index in [-0.39, 0.29) is 25.9 Å². The van der Waals surface area contributed by atoms with Gasteiger partial charge in [-0.15, -0.1) is 11.5 Å². The third-order valence-electron chi connectivity index (χ3n) is 11.3. The molecule has 1 saturated carbocycles. The van der Waals surface area contributed by atoms with E-state index < -0.39 is 24.7 Å². The Labute approximate surface area is 291 Å². The summed E-state index contributed by atoms with van der Waals surface area (Å²) in [4.78, 5) is 0. The van der Waals surface area contributed by atoms with Crippen LogP contribution in [0, 0.1) is 22.8 Å². The van der Waals surface area contributed by atoms with E-state index in [0.29, 0.717) is 5.92 Å². The number of allylic oxidation sites excluding steroid dienone is 3. The summed E-state index contributed by atoms with van der Waals surface area (Å²) in [6.45, 7) is 37.6. The Kier molecular flexibility index (Phi) is 14.4. The lowest BCUT2D eigenvalue weighted by molar-refractivity contribution is -0.129. The SMILES string of the molecule is C/C(=C\CCC#C[Si](C)(C)C)CC/C=C(\C)[C@@H](C[C@@H]1C2(Br)CCCC1(CO[Si](C)(C)C(C)(C)C)COC2)O[Si](C)(C)C(C)(C)C. The van der Waals surface area contributed by atoms with E-state index in [1.807, 2.05) is 0 Å². The van der Waals surface area contributed by atoms with Gasteiger partial charge in [0.15, 0.2) is 16.6 Å². The Morgan fingerprint density at radius 2 is 1.53 bits per heavy atom. The summed E-state index contributed by atoms with van der Waals surface area (Å²) in [6.07, 6.45) is 13.7. The van der Waals surface area contributed by atoms with Crippen molar-refractivity contribution in [3.05, 3.63) is 23.3 Å². The highest BCUT2D eigenvalue weighted by Crippen LogP contribution is 2.57. The van der Waals surface area contributed by atoms with Gasteiger partial charge in [0.2, 0.25) is 0 Å². The van der Waals surface area contributed by atoms with Crippen molar-refractivity contribution in [3.8, 4) is 11.5 Å². The molecule has 2 bridgehead atoms. The number of ether oxygens (including phenoxy) is 1. The maximum atomic E-state index is 7.35. The van der Waals surface area contributed by atoms with Gasteiger partial charge in [-0.05, 0) is 100 Å². The van der Waals surface area contributed by atoms with E-state index >= 15 is 0 Å². The number of alkyl halides is 1. The zero-order valence-electron chi connectivity index (χ0n) is 32.2. The van der Waals surface area contributed by atoms with Gasteiger partial charge in [-0.2, -0.15) is 0 Å². The molecule has 45 heavy (non-hydrogen) atoms. The Bertz CT molecular complexity index is 1080. The van der Waals surface area contributed by atoms with Crippen LogP contribution in [0.4, 0.5) is 0 Å². The van der Waals surface area contributed by atoms with Crippen LogP contribution in [0.1, 0.15) is 107 Å². The smallest absolute Gasteiger partial charge is 0.192 e. The molecule has 2 aliphatic rings. The van der Waals surface area contributed by atoms with Crippen molar-refractivity contribution in [3.63, 3.8) is 0 Å². The topological polar surface area (TPSA) is 27.7 Å². The van der Waals surface area contributed by atoms with E-state index in [2.05, 4.69) is 141 Å². The molecule has 2 rings (SSSR count). The average molecular weight is 740 g/mol. The lowest BCUT2D eigenvalue weighted by Crippen LogP contribution is -2.60. The average Bonchev–Trinajstić information content (AvgIpc) is 2.85. The van der Waals surface area contributed by atoms with Crippen LogP contribution in [0.5, 0.6) is 0 Å². The van der Waals surface area contributed by atoms with Crippen LogP contribution in [0.3, 0.4) is 0 Å². The molecule has 1 saturated heterocycles. The van der Waals surface area contributed by atoms with E-state index in [9.17, 15) is 0 Å². The second-order valence-electron chi connectivity index (χ2n) is 18.6. The summed E-state index contributed by atoms with van der Waals surface area (Å²) in [5.41, 5.74) is 6.38. The molecule has 0 N–H and O–H groups in total. The first kappa shape index (κ1) is 41.2. The zero-order valence-corrected chi connectivity index (χ0v) is 36.8. The van der Waals surface area contributed by atoms with Crippen LogP contribution in [0.25, 0.3) is 0 Å². The van der Waals surface area contributed by atoms with Gasteiger partial charge in [0.05, 0.1) is 23.6 Å². The Morgan fingerprint density at radius 3 is 2.11 bits per heavy atom. The summed E-state index contributed by atoms with van der Waals surface area (Å²) in [7, 11) is -5.18. The number of halogens is 1. The van der Waals surface area contributed by atoms with Gasteiger partial charge in [-0.3, -0.25) is 0 Å². The number of hydrogen-bond donors (Lipinski definition) is 0. The van der Waals surface area contributed by atoms with Crippen molar-refractivity contribution in [1.82, 2.24) is 0 Å². The number of rotatable bonds is 13. The molecule has 1 aliphatic carbocycles. The Balaban J connectivity index is 2.32. The maximum absolute atomic E-state index is 7.35. The Morgan fingerprint density at radius 1 is 0.911 bits per heavy atom. The molecule has 2 fully saturated rings. The van der Waals surface area contributed by atoms with Crippen LogP contribution in [-0.2, 0) is 13.6 Å². The van der Waals surface area contributed by atoms with Gasteiger partial charge < -0.3 is 13.6 Å². The van der Waals surface area contributed by atoms with Crippen molar-refractivity contribution in [2.75, 3.05) is 19.8 Å². The number of unbranched alkanes of at least 4 members (excludes halogenated alkanes) is 1. The second-order valence-corrected chi connectivity index (χ2v) is 34.5. The van der Waals surface area contributed by atoms with Crippen molar-refractivity contribution < 1.29 is 13.6 Å². The fraction of sp³-hybridized carbons (Fsp3) is 0.842. The first-order chi connectivity index (χ1) is 20.3. The molecule has 0 amide bonds. The molecular weight excluding hydrogens is 669 g/mol. The quantitative estimate of drug-likeness (QED) is 0.0619. The van der Waals surface area contributed by atoms with E-state index in [0.717, 1.165) is 58.3 Å². The zero-order chi connectivity index (χ0) is 34.5.